The SMILES string of the molecule is CN1CCN(c2cc(CC(=O)OC(C)(C)C)ccn2)CC1.CN1CCN(c2cc(CC(N)=O)ccn2)CC1. The Morgan fingerprint density at radius 2 is 1.21 bits per heavy atom. The van der Waals surface area contributed by atoms with Crippen LogP contribution in [0.2, 0.25) is 0 Å². The lowest BCUT2D eigenvalue weighted by Gasteiger charge is -2.33. The Balaban J connectivity index is 0.000000215. The highest BCUT2D eigenvalue weighted by Gasteiger charge is 2.19. The highest BCUT2D eigenvalue weighted by atomic mass is 16.6. The zero-order valence-electron chi connectivity index (χ0n) is 23.5. The monoisotopic (exact) mass is 525 g/mol. The summed E-state index contributed by atoms with van der Waals surface area (Å²) in [5.74, 6) is 1.39. The first-order valence-corrected chi connectivity index (χ1v) is 13.3. The topological polar surface area (TPSA) is 108 Å². The van der Waals surface area contributed by atoms with Gasteiger partial charge in [-0.2, -0.15) is 0 Å². The number of aromatic nitrogens is 2. The van der Waals surface area contributed by atoms with Crippen molar-refractivity contribution < 1.29 is 14.3 Å². The number of nitrogens with two attached hydrogens (primary N) is 1. The van der Waals surface area contributed by atoms with Crippen LogP contribution >= 0.6 is 0 Å². The maximum atomic E-state index is 11.9. The number of anilines is 2. The van der Waals surface area contributed by atoms with E-state index < -0.39 is 5.60 Å². The van der Waals surface area contributed by atoms with Gasteiger partial charge in [-0.1, -0.05) is 0 Å². The van der Waals surface area contributed by atoms with E-state index in [0.29, 0.717) is 6.42 Å². The zero-order chi connectivity index (χ0) is 27.7. The Bertz CT molecular complexity index is 1060. The summed E-state index contributed by atoms with van der Waals surface area (Å²) in [6.45, 7) is 13.7. The number of amides is 1. The number of piperazine rings is 2. The molecular weight excluding hydrogens is 482 g/mol. The highest BCUT2D eigenvalue weighted by Crippen LogP contribution is 2.17. The molecule has 0 spiro atoms. The van der Waals surface area contributed by atoms with Crippen LogP contribution in [0.15, 0.2) is 36.7 Å². The molecule has 0 unspecified atom stereocenters. The van der Waals surface area contributed by atoms with Crippen LogP contribution in [0.3, 0.4) is 0 Å². The molecule has 2 aliphatic rings. The molecule has 38 heavy (non-hydrogen) atoms. The zero-order valence-corrected chi connectivity index (χ0v) is 23.5. The Labute approximate surface area is 226 Å². The average molecular weight is 526 g/mol. The van der Waals surface area contributed by atoms with Gasteiger partial charge in [-0.25, -0.2) is 9.97 Å². The average Bonchev–Trinajstić information content (AvgIpc) is 2.84. The number of primary amides is 1. The molecule has 2 fully saturated rings. The van der Waals surface area contributed by atoms with Gasteiger partial charge in [0, 0.05) is 64.8 Å². The molecule has 0 saturated carbocycles. The number of ether oxygens (including phenoxy) is 1. The number of hydrogen-bond acceptors (Lipinski definition) is 9. The quantitative estimate of drug-likeness (QED) is 0.562. The van der Waals surface area contributed by atoms with Crippen molar-refractivity contribution in [1.82, 2.24) is 19.8 Å². The fourth-order valence-electron chi connectivity index (χ4n) is 4.30. The van der Waals surface area contributed by atoms with Crippen LogP contribution in [-0.2, 0) is 27.2 Å². The summed E-state index contributed by atoms with van der Waals surface area (Å²) in [4.78, 5) is 40.7. The van der Waals surface area contributed by atoms with E-state index in [2.05, 4.69) is 43.7 Å². The van der Waals surface area contributed by atoms with Crippen LogP contribution in [0, 0.1) is 0 Å². The molecule has 1 amide bonds. The lowest BCUT2D eigenvalue weighted by molar-refractivity contribution is -0.153. The van der Waals surface area contributed by atoms with Crippen LogP contribution in [0.1, 0.15) is 31.9 Å². The van der Waals surface area contributed by atoms with Gasteiger partial charge >= 0.3 is 5.97 Å². The minimum atomic E-state index is -0.440. The third-order valence-corrected chi connectivity index (χ3v) is 6.42. The molecule has 10 heteroatoms. The van der Waals surface area contributed by atoms with Gasteiger partial charge in [-0.3, -0.25) is 9.59 Å². The van der Waals surface area contributed by atoms with Crippen molar-refractivity contribution in [2.75, 3.05) is 76.3 Å². The largest absolute Gasteiger partial charge is 0.460 e. The van der Waals surface area contributed by atoms with Crippen LogP contribution in [0.25, 0.3) is 0 Å². The first-order chi connectivity index (χ1) is 18.0. The number of carbonyl (C=O) groups excluding carboxylic acids is 2. The summed E-state index contributed by atoms with van der Waals surface area (Å²) in [5, 5.41) is 0. The summed E-state index contributed by atoms with van der Waals surface area (Å²) in [7, 11) is 4.25. The number of esters is 1. The van der Waals surface area contributed by atoms with Gasteiger partial charge < -0.3 is 30.1 Å². The highest BCUT2D eigenvalue weighted by molar-refractivity contribution is 5.76. The summed E-state index contributed by atoms with van der Waals surface area (Å²) < 4.78 is 5.36. The van der Waals surface area contributed by atoms with E-state index in [1.807, 2.05) is 45.0 Å². The minimum absolute atomic E-state index is 0.196. The van der Waals surface area contributed by atoms with Crippen LogP contribution in [0.5, 0.6) is 0 Å². The second kappa shape index (κ2) is 13.5. The van der Waals surface area contributed by atoms with Crippen molar-refractivity contribution in [1.29, 1.82) is 0 Å². The molecule has 2 aromatic heterocycles. The molecule has 0 radical (unpaired) electrons. The van der Waals surface area contributed by atoms with Gasteiger partial charge in [0.05, 0.1) is 12.8 Å². The Kier molecular flexibility index (Phi) is 10.4. The third kappa shape index (κ3) is 9.90. The van der Waals surface area contributed by atoms with Crippen LogP contribution < -0.4 is 15.5 Å². The lowest BCUT2D eigenvalue weighted by Crippen LogP contribution is -2.44. The van der Waals surface area contributed by atoms with E-state index in [1.54, 1.807) is 12.4 Å². The molecule has 10 nitrogen and oxygen atoms in total. The smallest absolute Gasteiger partial charge is 0.310 e. The fraction of sp³-hybridized carbons (Fsp3) is 0.571. The Morgan fingerprint density at radius 1 is 0.789 bits per heavy atom. The van der Waals surface area contributed by atoms with Crippen molar-refractivity contribution in [2.24, 2.45) is 5.73 Å². The number of hydrogen-bond donors (Lipinski definition) is 1. The van der Waals surface area contributed by atoms with Gasteiger partial charge in [0.25, 0.3) is 0 Å². The molecule has 2 N–H and O–H groups in total. The van der Waals surface area contributed by atoms with Crippen LogP contribution in [0.4, 0.5) is 11.6 Å². The predicted molar refractivity (Wildman–Crippen MR) is 150 cm³/mol. The van der Waals surface area contributed by atoms with Crippen molar-refractivity contribution >= 4 is 23.5 Å². The number of nitrogens with zero attached hydrogens (tertiary/aromatic N) is 6. The van der Waals surface area contributed by atoms with E-state index in [1.165, 1.54) is 0 Å². The maximum Gasteiger partial charge on any atom is 0.310 e. The summed E-state index contributed by atoms with van der Waals surface area (Å²) >= 11 is 0. The van der Waals surface area contributed by atoms with Crippen LogP contribution in [-0.4, -0.2) is 104 Å². The molecule has 0 aliphatic carbocycles. The van der Waals surface area contributed by atoms with E-state index in [-0.39, 0.29) is 18.3 Å². The first-order valence-electron chi connectivity index (χ1n) is 13.3. The van der Waals surface area contributed by atoms with Gasteiger partial charge in [0.2, 0.25) is 5.91 Å². The van der Waals surface area contributed by atoms with Crippen molar-refractivity contribution in [2.45, 2.75) is 39.2 Å². The standard InChI is InChI=1S/C16H25N3O2.C12H18N4O/c1-16(2,3)21-15(20)12-13-5-6-17-14(11-13)19-9-7-18(4)8-10-19;1-15-4-6-16(7-5-15)12-9-10(2-3-14-12)8-11(13)17/h5-6,11H,7-10,12H2,1-4H3;2-3,9H,4-8H2,1H3,(H2,13,17). The van der Waals surface area contributed by atoms with E-state index in [4.69, 9.17) is 10.5 Å². The molecule has 4 rings (SSSR count). The third-order valence-electron chi connectivity index (χ3n) is 6.42. The number of rotatable bonds is 6. The molecule has 2 saturated heterocycles. The number of carbonyl (C=O) groups is 2. The molecule has 0 aromatic carbocycles. The van der Waals surface area contributed by atoms with E-state index in [9.17, 15) is 9.59 Å². The summed E-state index contributed by atoms with van der Waals surface area (Å²) in [5.41, 5.74) is 6.64. The second-order valence-corrected chi connectivity index (χ2v) is 11.0. The molecule has 0 bridgehead atoms. The normalized spacial score (nSPS) is 17.0. The first kappa shape index (κ1) is 29.3. The predicted octanol–water partition coefficient (Wildman–Crippen LogP) is 1.58. The van der Waals surface area contributed by atoms with Gasteiger partial charge in [-0.05, 0) is 70.3 Å². The maximum absolute atomic E-state index is 11.9. The molecule has 208 valence electrons. The Morgan fingerprint density at radius 3 is 1.61 bits per heavy atom. The van der Waals surface area contributed by atoms with Crippen molar-refractivity contribution in [3.05, 3.63) is 47.8 Å². The summed E-state index contributed by atoms with van der Waals surface area (Å²) in [6.07, 6.45) is 4.09. The number of pyridine rings is 2. The number of likely N-dealkylation sites (N-methyl/N-ethyl adjacent to an activating group) is 2. The fourth-order valence-corrected chi connectivity index (χ4v) is 4.30. The van der Waals surface area contributed by atoms with E-state index in [0.717, 1.165) is 75.1 Å². The lowest BCUT2D eigenvalue weighted by atomic mass is 10.1. The molecule has 2 aliphatic heterocycles. The van der Waals surface area contributed by atoms with Crippen molar-refractivity contribution in [3.63, 3.8) is 0 Å². The summed E-state index contributed by atoms with van der Waals surface area (Å²) in [6, 6.07) is 7.67. The van der Waals surface area contributed by atoms with E-state index >= 15 is 0 Å². The molecule has 4 heterocycles. The Hall–Kier alpha value is -3.24. The molecule has 2 aromatic rings. The molecule has 0 atom stereocenters. The van der Waals surface area contributed by atoms with Gasteiger partial charge in [-0.15, -0.1) is 0 Å². The molecular formula is C28H43N7O3. The van der Waals surface area contributed by atoms with Gasteiger partial charge in [0.15, 0.2) is 0 Å². The van der Waals surface area contributed by atoms with Gasteiger partial charge in [0.1, 0.15) is 17.2 Å². The second-order valence-electron chi connectivity index (χ2n) is 11.0. The van der Waals surface area contributed by atoms with Crippen molar-refractivity contribution in [3.8, 4) is 0 Å². The minimum Gasteiger partial charge on any atom is -0.460 e.